The second-order valence-corrected chi connectivity index (χ2v) is 8.56. The third kappa shape index (κ3) is 4.61. The Morgan fingerprint density at radius 1 is 1.07 bits per heavy atom. The lowest BCUT2D eigenvalue weighted by atomic mass is 9.91. The minimum Gasteiger partial charge on any atom is -0.494 e. The number of ether oxygens (including phenoxy) is 1. The first-order valence-electron chi connectivity index (χ1n) is 10.9. The van der Waals surface area contributed by atoms with E-state index in [1.165, 1.54) is 12.1 Å². The molecule has 0 amide bonds. The molecular weight excluding hydrogens is 374 g/mol. The van der Waals surface area contributed by atoms with Crippen molar-refractivity contribution in [3.63, 3.8) is 0 Å². The van der Waals surface area contributed by atoms with E-state index in [4.69, 9.17) is 4.74 Å². The summed E-state index contributed by atoms with van der Waals surface area (Å²) in [5, 5.41) is 4.36. The standard InChI is InChI=1S/C25H31N3O2/c1-4-30-23-9-10-24-19(13-23)12-20(25(29)27-24)14-26-21-5-7-22(8-6-21)28-15-17(2)11-18(3)16-28/h5-10,12-13,17-18,26H,4,11,14-16H2,1-3H3,(H,27,29)/t17-,18-/m0/s1. The first kappa shape index (κ1) is 20.3. The SMILES string of the molecule is CCOc1ccc2[nH]c(=O)c(CNc3ccc(N4C[C@@H](C)C[C@H](C)C4)cc3)cc2c1. The van der Waals surface area contributed by atoms with E-state index in [1.807, 2.05) is 31.2 Å². The van der Waals surface area contributed by atoms with Gasteiger partial charge in [-0.1, -0.05) is 13.8 Å². The molecule has 158 valence electrons. The van der Waals surface area contributed by atoms with Crippen LogP contribution in [0, 0.1) is 11.8 Å². The van der Waals surface area contributed by atoms with Crippen LogP contribution in [0.1, 0.15) is 32.8 Å². The van der Waals surface area contributed by atoms with E-state index in [0.717, 1.165) is 47.3 Å². The van der Waals surface area contributed by atoms with Crippen LogP contribution >= 0.6 is 0 Å². The minimum absolute atomic E-state index is 0.0629. The van der Waals surface area contributed by atoms with Gasteiger partial charge in [-0.2, -0.15) is 0 Å². The van der Waals surface area contributed by atoms with E-state index >= 15 is 0 Å². The number of aromatic amines is 1. The number of anilines is 2. The van der Waals surface area contributed by atoms with E-state index in [9.17, 15) is 4.79 Å². The average molecular weight is 406 g/mol. The molecule has 5 nitrogen and oxygen atoms in total. The first-order valence-corrected chi connectivity index (χ1v) is 10.9. The highest BCUT2D eigenvalue weighted by atomic mass is 16.5. The summed E-state index contributed by atoms with van der Waals surface area (Å²) in [4.78, 5) is 17.9. The molecule has 0 unspecified atom stereocenters. The quantitative estimate of drug-likeness (QED) is 0.604. The number of hydrogen-bond donors (Lipinski definition) is 2. The molecule has 0 spiro atoms. The lowest BCUT2D eigenvalue weighted by molar-refractivity contribution is 0.340. The van der Waals surface area contributed by atoms with Gasteiger partial charge in [-0.25, -0.2) is 0 Å². The van der Waals surface area contributed by atoms with Crippen LogP contribution in [0.4, 0.5) is 11.4 Å². The Kier molecular flexibility index (Phi) is 5.98. The number of fused-ring (bicyclic) bond motifs is 1. The third-order valence-electron chi connectivity index (χ3n) is 5.79. The molecule has 1 aliphatic rings. The second kappa shape index (κ2) is 8.82. The summed E-state index contributed by atoms with van der Waals surface area (Å²) < 4.78 is 5.58. The van der Waals surface area contributed by atoms with Crippen molar-refractivity contribution >= 4 is 22.3 Å². The van der Waals surface area contributed by atoms with Crippen molar-refractivity contribution in [2.75, 3.05) is 29.9 Å². The Morgan fingerprint density at radius 3 is 2.50 bits per heavy atom. The van der Waals surface area contributed by atoms with Crippen LogP contribution in [0.5, 0.6) is 5.75 Å². The number of piperidine rings is 1. The Morgan fingerprint density at radius 2 is 1.80 bits per heavy atom. The van der Waals surface area contributed by atoms with Crippen molar-refractivity contribution in [1.82, 2.24) is 4.98 Å². The number of H-pyrrole nitrogens is 1. The third-order valence-corrected chi connectivity index (χ3v) is 5.79. The lowest BCUT2D eigenvalue weighted by Gasteiger charge is -2.36. The van der Waals surface area contributed by atoms with Gasteiger partial charge in [0.2, 0.25) is 0 Å². The largest absolute Gasteiger partial charge is 0.494 e. The molecule has 0 aliphatic carbocycles. The maximum atomic E-state index is 12.5. The van der Waals surface area contributed by atoms with Gasteiger partial charge < -0.3 is 19.9 Å². The van der Waals surface area contributed by atoms with Crippen LogP contribution in [-0.4, -0.2) is 24.7 Å². The maximum absolute atomic E-state index is 12.5. The molecule has 2 heterocycles. The topological polar surface area (TPSA) is 57.4 Å². The summed E-state index contributed by atoms with van der Waals surface area (Å²) in [7, 11) is 0. The minimum atomic E-state index is -0.0629. The number of rotatable bonds is 6. The molecule has 4 rings (SSSR count). The Hall–Kier alpha value is -2.95. The van der Waals surface area contributed by atoms with Gasteiger partial charge in [-0.3, -0.25) is 4.79 Å². The van der Waals surface area contributed by atoms with Crippen LogP contribution in [0.25, 0.3) is 10.9 Å². The number of nitrogens with zero attached hydrogens (tertiary/aromatic N) is 1. The Balaban J connectivity index is 1.45. The number of pyridine rings is 1. The van der Waals surface area contributed by atoms with Crippen molar-refractivity contribution in [3.05, 3.63) is 64.4 Å². The van der Waals surface area contributed by atoms with Crippen LogP contribution in [0.2, 0.25) is 0 Å². The normalized spacial score (nSPS) is 19.1. The van der Waals surface area contributed by atoms with Gasteiger partial charge in [0.15, 0.2) is 0 Å². The maximum Gasteiger partial charge on any atom is 0.253 e. The van der Waals surface area contributed by atoms with Gasteiger partial charge >= 0.3 is 0 Å². The van der Waals surface area contributed by atoms with Crippen molar-refractivity contribution in [2.24, 2.45) is 11.8 Å². The van der Waals surface area contributed by atoms with E-state index < -0.39 is 0 Å². The molecule has 1 aliphatic heterocycles. The molecule has 0 radical (unpaired) electrons. The zero-order valence-corrected chi connectivity index (χ0v) is 18.1. The number of aromatic nitrogens is 1. The highest BCUT2D eigenvalue weighted by molar-refractivity contribution is 5.80. The zero-order chi connectivity index (χ0) is 21.1. The fraction of sp³-hybridized carbons (Fsp3) is 0.400. The molecule has 2 aromatic carbocycles. The molecule has 1 fully saturated rings. The van der Waals surface area contributed by atoms with Crippen LogP contribution < -0.4 is 20.5 Å². The first-order chi connectivity index (χ1) is 14.5. The monoisotopic (exact) mass is 405 g/mol. The van der Waals surface area contributed by atoms with Crippen molar-refractivity contribution in [3.8, 4) is 5.75 Å². The number of nitrogens with one attached hydrogen (secondary N) is 2. The summed E-state index contributed by atoms with van der Waals surface area (Å²) in [6.07, 6.45) is 1.31. The average Bonchev–Trinajstić information content (AvgIpc) is 2.72. The van der Waals surface area contributed by atoms with E-state index in [1.54, 1.807) is 0 Å². The molecule has 2 N–H and O–H groups in total. The van der Waals surface area contributed by atoms with E-state index in [-0.39, 0.29) is 5.56 Å². The van der Waals surface area contributed by atoms with E-state index in [2.05, 4.69) is 53.3 Å². The fourth-order valence-electron chi connectivity index (χ4n) is 4.48. The van der Waals surface area contributed by atoms with Crippen molar-refractivity contribution in [1.29, 1.82) is 0 Å². The zero-order valence-electron chi connectivity index (χ0n) is 18.1. The smallest absolute Gasteiger partial charge is 0.253 e. The summed E-state index contributed by atoms with van der Waals surface area (Å²) in [6, 6.07) is 16.2. The van der Waals surface area contributed by atoms with Gasteiger partial charge in [0.25, 0.3) is 5.56 Å². The number of hydrogen-bond acceptors (Lipinski definition) is 4. The van der Waals surface area contributed by atoms with Crippen LogP contribution in [0.15, 0.2) is 53.3 Å². The van der Waals surface area contributed by atoms with Gasteiger partial charge in [0.05, 0.1) is 6.61 Å². The molecule has 3 aromatic rings. The summed E-state index contributed by atoms with van der Waals surface area (Å²) in [5.41, 5.74) is 3.75. The van der Waals surface area contributed by atoms with Gasteiger partial charge in [0.1, 0.15) is 5.75 Å². The van der Waals surface area contributed by atoms with Crippen molar-refractivity contribution < 1.29 is 4.74 Å². The summed E-state index contributed by atoms with van der Waals surface area (Å²) in [6.45, 7) is 9.95. The molecule has 0 bridgehead atoms. The van der Waals surface area contributed by atoms with Crippen LogP contribution in [-0.2, 0) is 6.54 Å². The van der Waals surface area contributed by atoms with Gasteiger partial charge in [-0.15, -0.1) is 0 Å². The van der Waals surface area contributed by atoms with Gasteiger partial charge in [0, 0.05) is 47.5 Å². The molecule has 1 aromatic heterocycles. The molecular formula is C25H31N3O2. The molecule has 0 saturated carbocycles. The molecule has 1 saturated heterocycles. The summed E-state index contributed by atoms with van der Waals surface area (Å²) in [5.74, 6) is 2.27. The lowest BCUT2D eigenvalue weighted by Crippen LogP contribution is -2.38. The number of benzene rings is 2. The summed E-state index contributed by atoms with van der Waals surface area (Å²) >= 11 is 0. The predicted octanol–water partition coefficient (Wildman–Crippen LogP) is 5.02. The molecule has 5 heteroatoms. The fourth-order valence-corrected chi connectivity index (χ4v) is 4.48. The van der Waals surface area contributed by atoms with Crippen LogP contribution in [0.3, 0.4) is 0 Å². The van der Waals surface area contributed by atoms with Crippen molar-refractivity contribution in [2.45, 2.75) is 33.7 Å². The molecule has 30 heavy (non-hydrogen) atoms. The van der Waals surface area contributed by atoms with Gasteiger partial charge in [-0.05, 0) is 73.7 Å². The highest BCUT2D eigenvalue weighted by Gasteiger charge is 2.21. The predicted molar refractivity (Wildman–Crippen MR) is 125 cm³/mol. The Bertz CT molecular complexity index is 1050. The second-order valence-electron chi connectivity index (χ2n) is 8.56. The van der Waals surface area contributed by atoms with E-state index in [0.29, 0.717) is 18.7 Å². The molecule has 2 atom stereocenters. The Labute approximate surface area is 178 Å². The highest BCUT2D eigenvalue weighted by Crippen LogP contribution is 2.27.